The maximum Gasteiger partial charge on any atom is 0.278 e. The van der Waals surface area contributed by atoms with Gasteiger partial charge in [-0.2, -0.15) is 0 Å². The van der Waals surface area contributed by atoms with Gasteiger partial charge >= 0.3 is 0 Å². The lowest BCUT2D eigenvalue weighted by molar-refractivity contribution is -0.119. The first kappa shape index (κ1) is 21.0. The third-order valence-corrected chi connectivity index (χ3v) is 6.00. The molecule has 7 nitrogen and oxygen atoms in total. The van der Waals surface area contributed by atoms with E-state index in [-0.39, 0.29) is 29.8 Å². The summed E-state index contributed by atoms with van der Waals surface area (Å²) in [7, 11) is 0. The number of amides is 1. The highest BCUT2D eigenvalue weighted by molar-refractivity contribution is 7.99. The number of nitrogens with one attached hydrogen (secondary N) is 2. The molecule has 3 aromatic heterocycles. The van der Waals surface area contributed by atoms with Gasteiger partial charge in [0.1, 0.15) is 11.3 Å². The quantitative estimate of drug-likeness (QED) is 0.338. The monoisotopic (exact) mass is 436 g/mol. The fraction of sp³-hybridized carbons (Fsp3) is 0.261. The first-order chi connectivity index (χ1) is 14.9. The van der Waals surface area contributed by atoms with Crippen LogP contribution in [0.15, 0.2) is 63.1 Å². The molecule has 0 radical (unpaired) electrons. The molecule has 0 fully saturated rings. The van der Waals surface area contributed by atoms with Crippen LogP contribution in [0.4, 0.5) is 0 Å². The molecule has 4 rings (SSSR count). The molecule has 160 valence electrons. The van der Waals surface area contributed by atoms with Crippen LogP contribution in [0.5, 0.6) is 0 Å². The highest BCUT2D eigenvalue weighted by atomic mass is 32.2. The van der Waals surface area contributed by atoms with E-state index >= 15 is 0 Å². The van der Waals surface area contributed by atoms with Crippen molar-refractivity contribution in [2.24, 2.45) is 0 Å². The standard InChI is InChI=1S/C23H24N4O3S/c1-14-6-8-17(9-7-14)16(3)25-20(28)13-31-23-26-19-11-15(2)24-21(19)22(29)27(23)12-18-5-4-10-30-18/h4-11,16,24H,12-13H2,1-3H3,(H,25,28)/t16-/m0/s1. The lowest BCUT2D eigenvalue weighted by Crippen LogP contribution is -2.29. The number of benzene rings is 1. The minimum Gasteiger partial charge on any atom is -0.467 e. The first-order valence-electron chi connectivity index (χ1n) is 10.0. The topological polar surface area (TPSA) is 92.9 Å². The molecule has 0 saturated heterocycles. The Morgan fingerprint density at radius 3 is 2.74 bits per heavy atom. The van der Waals surface area contributed by atoms with Crippen molar-refractivity contribution in [1.29, 1.82) is 0 Å². The van der Waals surface area contributed by atoms with Crippen LogP contribution in [0.3, 0.4) is 0 Å². The Hall–Kier alpha value is -3.26. The normalized spacial score (nSPS) is 12.2. The van der Waals surface area contributed by atoms with Crippen LogP contribution in [0.25, 0.3) is 11.0 Å². The Morgan fingerprint density at radius 2 is 2.03 bits per heavy atom. The van der Waals surface area contributed by atoms with E-state index in [9.17, 15) is 9.59 Å². The minimum absolute atomic E-state index is 0.109. The van der Waals surface area contributed by atoms with Gasteiger partial charge in [-0.25, -0.2) is 4.98 Å². The first-order valence-corrected chi connectivity index (χ1v) is 11.0. The Balaban J connectivity index is 1.53. The van der Waals surface area contributed by atoms with E-state index in [1.807, 2.05) is 51.1 Å². The molecule has 1 amide bonds. The molecule has 0 spiro atoms. The number of carbonyl (C=O) groups excluding carboxylic acids is 1. The van der Waals surface area contributed by atoms with Gasteiger partial charge < -0.3 is 14.7 Å². The summed E-state index contributed by atoms with van der Waals surface area (Å²) in [5.74, 6) is 0.670. The molecule has 1 atom stereocenters. The Bertz CT molecular complexity index is 1260. The molecule has 1 aromatic carbocycles. The number of aromatic nitrogens is 3. The number of furan rings is 1. The van der Waals surface area contributed by atoms with Crippen molar-refractivity contribution >= 4 is 28.7 Å². The van der Waals surface area contributed by atoms with E-state index in [2.05, 4.69) is 15.3 Å². The average Bonchev–Trinajstić information content (AvgIpc) is 3.38. The zero-order valence-electron chi connectivity index (χ0n) is 17.6. The molecule has 2 N–H and O–H groups in total. The van der Waals surface area contributed by atoms with Crippen molar-refractivity contribution in [3.8, 4) is 0 Å². The molecule has 3 heterocycles. The van der Waals surface area contributed by atoms with Crippen LogP contribution in [-0.4, -0.2) is 26.2 Å². The fourth-order valence-electron chi connectivity index (χ4n) is 3.37. The summed E-state index contributed by atoms with van der Waals surface area (Å²) in [6.07, 6.45) is 1.57. The largest absolute Gasteiger partial charge is 0.467 e. The molecular formula is C23H24N4O3S. The third-order valence-electron chi connectivity index (χ3n) is 5.02. The number of hydrogen-bond donors (Lipinski definition) is 2. The number of nitrogens with zero attached hydrogens (tertiary/aromatic N) is 2. The molecule has 0 unspecified atom stereocenters. The smallest absolute Gasteiger partial charge is 0.278 e. The van der Waals surface area contributed by atoms with Gasteiger partial charge in [-0.15, -0.1) is 0 Å². The molecular weight excluding hydrogens is 412 g/mol. The minimum atomic E-state index is -0.189. The Morgan fingerprint density at radius 1 is 1.26 bits per heavy atom. The van der Waals surface area contributed by atoms with E-state index in [4.69, 9.17) is 4.42 Å². The number of aromatic amines is 1. The Kier molecular flexibility index (Phi) is 5.99. The molecule has 0 bridgehead atoms. The number of carbonyl (C=O) groups is 1. The average molecular weight is 437 g/mol. The van der Waals surface area contributed by atoms with Gasteiger partial charge in [-0.1, -0.05) is 41.6 Å². The van der Waals surface area contributed by atoms with E-state index in [0.717, 1.165) is 11.3 Å². The molecule has 0 aliphatic carbocycles. The predicted molar refractivity (Wildman–Crippen MR) is 121 cm³/mol. The molecule has 4 aromatic rings. The van der Waals surface area contributed by atoms with E-state index in [1.165, 1.54) is 17.3 Å². The van der Waals surface area contributed by atoms with Crippen molar-refractivity contribution in [3.63, 3.8) is 0 Å². The predicted octanol–water partition coefficient (Wildman–Crippen LogP) is 3.95. The SMILES string of the molecule is Cc1ccc([C@H](C)NC(=O)CSc2nc3cc(C)[nH]c3c(=O)n2Cc2ccco2)cc1. The zero-order valence-corrected chi connectivity index (χ0v) is 18.5. The van der Waals surface area contributed by atoms with Crippen LogP contribution in [0.1, 0.15) is 35.5 Å². The van der Waals surface area contributed by atoms with Gasteiger partial charge in [0, 0.05) is 5.69 Å². The number of fused-ring (bicyclic) bond motifs is 1. The number of H-pyrrole nitrogens is 1. The second-order valence-corrected chi connectivity index (χ2v) is 8.51. The van der Waals surface area contributed by atoms with Crippen LogP contribution in [0.2, 0.25) is 0 Å². The van der Waals surface area contributed by atoms with Gasteiger partial charge in [0.2, 0.25) is 5.91 Å². The van der Waals surface area contributed by atoms with Crippen molar-refractivity contribution in [2.45, 2.75) is 38.5 Å². The maximum atomic E-state index is 13.1. The second-order valence-electron chi connectivity index (χ2n) is 7.57. The molecule has 0 saturated carbocycles. The summed E-state index contributed by atoms with van der Waals surface area (Å²) in [4.78, 5) is 33.3. The van der Waals surface area contributed by atoms with E-state index < -0.39 is 0 Å². The summed E-state index contributed by atoms with van der Waals surface area (Å²) in [5, 5.41) is 3.49. The highest BCUT2D eigenvalue weighted by Gasteiger charge is 2.17. The summed E-state index contributed by atoms with van der Waals surface area (Å²) < 4.78 is 6.95. The van der Waals surface area contributed by atoms with Gasteiger partial charge in [0.15, 0.2) is 5.16 Å². The van der Waals surface area contributed by atoms with E-state index in [0.29, 0.717) is 22.0 Å². The second kappa shape index (κ2) is 8.85. The molecule has 8 heteroatoms. The zero-order chi connectivity index (χ0) is 22.0. The number of hydrogen-bond acceptors (Lipinski definition) is 5. The molecule has 0 aliphatic heterocycles. The molecule has 0 aliphatic rings. The third kappa shape index (κ3) is 4.74. The summed E-state index contributed by atoms with van der Waals surface area (Å²) in [6.45, 7) is 6.11. The number of thioether (sulfide) groups is 1. The highest BCUT2D eigenvalue weighted by Crippen LogP contribution is 2.20. The number of rotatable bonds is 7. The van der Waals surface area contributed by atoms with E-state index in [1.54, 1.807) is 23.0 Å². The fourth-order valence-corrected chi connectivity index (χ4v) is 4.18. The Labute approximate surface area is 183 Å². The van der Waals surface area contributed by atoms with Crippen LogP contribution >= 0.6 is 11.8 Å². The lowest BCUT2D eigenvalue weighted by atomic mass is 10.1. The van der Waals surface area contributed by atoms with Crippen molar-refractivity contribution in [1.82, 2.24) is 19.9 Å². The van der Waals surface area contributed by atoms with Gasteiger partial charge in [0.05, 0.1) is 30.1 Å². The number of aryl methyl sites for hydroxylation is 2. The summed E-state index contributed by atoms with van der Waals surface area (Å²) in [5.41, 5.74) is 3.93. The summed E-state index contributed by atoms with van der Waals surface area (Å²) >= 11 is 1.24. The van der Waals surface area contributed by atoms with Crippen molar-refractivity contribution in [2.75, 3.05) is 5.75 Å². The van der Waals surface area contributed by atoms with Gasteiger partial charge in [-0.3, -0.25) is 14.2 Å². The summed E-state index contributed by atoms with van der Waals surface area (Å²) in [6, 6.07) is 13.4. The van der Waals surface area contributed by atoms with Crippen LogP contribution in [-0.2, 0) is 11.3 Å². The maximum absolute atomic E-state index is 13.1. The van der Waals surface area contributed by atoms with Gasteiger partial charge in [0.25, 0.3) is 5.56 Å². The van der Waals surface area contributed by atoms with Crippen LogP contribution < -0.4 is 10.9 Å². The van der Waals surface area contributed by atoms with Gasteiger partial charge in [-0.05, 0) is 44.5 Å². The van der Waals surface area contributed by atoms with Crippen molar-refractivity contribution in [3.05, 3.63) is 81.7 Å². The molecule has 31 heavy (non-hydrogen) atoms. The van der Waals surface area contributed by atoms with Crippen molar-refractivity contribution < 1.29 is 9.21 Å². The lowest BCUT2D eigenvalue weighted by Gasteiger charge is -2.15. The van der Waals surface area contributed by atoms with Crippen LogP contribution in [0, 0.1) is 13.8 Å².